The molecule has 2 aromatic heterocycles. The second-order valence-corrected chi connectivity index (χ2v) is 8.94. The van der Waals surface area contributed by atoms with Crippen LogP contribution in [-0.2, 0) is 0 Å². The topological polar surface area (TPSA) is 103 Å². The van der Waals surface area contributed by atoms with Gasteiger partial charge in [0.1, 0.15) is 11.6 Å². The van der Waals surface area contributed by atoms with E-state index in [0.717, 1.165) is 5.69 Å². The summed E-state index contributed by atoms with van der Waals surface area (Å²) in [6.45, 7) is 5.32. The monoisotopic (exact) mass is 486 g/mol. The predicted octanol–water partition coefficient (Wildman–Crippen LogP) is 4.87. The first-order valence-corrected chi connectivity index (χ1v) is 11.4. The van der Waals surface area contributed by atoms with E-state index in [0.29, 0.717) is 42.8 Å². The number of nitrogens with one attached hydrogen (secondary N) is 2. The normalized spacial score (nSPS) is 15.7. The molecule has 1 saturated heterocycles. The van der Waals surface area contributed by atoms with Crippen molar-refractivity contribution in [2.75, 3.05) is 28.6 Å². The molecule has 0 aliphatic carbocycles. The number of anilines is 4. The second-order valence-electron chi connectivity index (χ2n) is 8.13. The van der Waals surface area contributed by atoms with Crippen LogP contribution in [0.5, 0.6) is 0 Å². The van der Waals surface area contributed by atoms with Gasteiger partial charge in [-0.05, 0) is 30.5 Å². The molecule has 10 heteroatoms. The number of halogens is 2. The number of aliphatic hydroxyl groups excluding tert-OH is 1. The molecule has 1 atom stereocenters. The fraction of sp³-hybridized carbons (Fsp3) is 0.304. The Morgan fingerprint density at radius 3 is 2.58 bits per heavy atom. The van der Waals surface area contributed by atoms with Crippen LogP contribution in [0.15, 0.2) is 42.6 Å². The fourth-order valence-corrected chi connectivity index (χ4v) is 4.06. The molecule has 0 spiro atoms. The van der Waals surface area contributed by atoms with Gasteiger partial charge >= 0.3 is 0 Å². The molecule has 4 rings (SSSR count). The van der Waals surface area contributed by atoms with Crippen molar-refractivity contribution in [3.8, 4) is 0 Å². The predicted molar refractivity (Wildman–Crippen MR) is 131 cm³/mol. The zero-order chi connectivity index (χ0) is 23.5. The maximum absolute atomic E-state index is 12.7. The van der Waals surface area contributed by atoms with E-state index in [1.54, 1.807) is 36.5 Å². The summed E-state index contributed by atoms with van der Waals surface area (Å²) >= 11 is 12.3. The van der Waals surface area contributed by atoms with Gasteiger partial charge in [-0.2, -0.15) is 4.98 Å². The number of hydrogen-bond donors (Lipinski definition) is 3. The number of rotatable bonds is 6. The molecule has 3 N–H and O–H groups in total. The minimum atomic E-state index is -0.415. The van der Waals surface area contributed by atoms with E-state index >= 15 is 0 Å². The summed E-state index contributed by atoms with van der Waals surface area (Å²) in [5.74, 6) is 1.42. The van der Waals surface area contributed by atoms with Gasteiger partial charge in [-0.3, -0.25) is 4.79 Å². The van der Waals surface area contributed by atoms with Crippen molar-refractivity contribution in [3.05, 3.63) is 63.9 Å². The van der Waals surface area contributed by atoms with Crippen molar-refractivity contribution in [3.63, 3.8) is 0 Å². The van der Waals surface area contributed by atoms with Crippen molar-refractivity contribution in [1.82, 2.24) is 15.0 Å². The lowest BCUT2D eigenvalue weighted by molar-refractivity contribution is 0.102. The molecule has 172 valence electrons. The van der Waals surface area contributed by atoms with Gasteiger partial charge in [0, 0.05) is 37.1 Å². The number of benzene rings is 1. The molecule has 1 fully saturated rings. The number of pyridine rings is 1. The lowest BCUT2D eigenvalue weighted by atomic mass is 10.1. The molecule has 8 nitrogen and oxygen atoms in total. The summed E-state index contributed by atoms with van der Waals surface area (Å²) < 4.78 is 0. The van der Waals surface area contributed by atoms with Crippen LogP contribution >= 0.6 is 23.2 Å². The van der Waals surface area contributed by atoms with Crippen LogP contribution in [0.3, 0.4) is 0 Å². The summed E-state index contributed by atoms with van der Waals surface area (Å²) in [5.41, 5.74) is 1.61. The van der Waals surface area contributed by atoms with E-state index in [1.807, 2.05) is 11.0 Å². The van der Waals surface area contributed by atoms with Crippen molar-refractivity contribution in [2.45, 2.75) is 32.3 Å². The number of amides is 1. The van der Waals surface area contributed by atoms with Crippen molar-refractivity contribution >= 4 is 52.4 Å². The molecule has 0 radical (unpaired) electrons. The van der Waals surface area contributed by atoms with Crippen molar-refractivity contribution in [2.24, 2.45) is 0 Å². The molecule has 1 amide bonds. The third kappa shape index (κ3) is 5.52. The van der Waals surface area contributed by atoms with Crippen LogP contribution in [0.2, 0.25) is 10.0 Å². The zero-order valence-corrected chi connectivity index (χ0v) is 19.7. The SMILES string of the molecule is CC(C)c1cc(Nc2cc(NC(=O)c3c(Cl)cccc3Cl)ccn2)nc(N2CCC(O)C2)n1. The van der Waals surface area contributed by atoms with Gasteiger partial charge in [-0.25, -0.2) is 9.97 Å². The average Bonchev–Trinajstić information content (AvgIpc) is 3.20. The number of nitrogens with zero attached hydrogens (tertiary/aromatic N) is 4. The summed E-state index contributed by atoms with van der Waals surface area (Å²) in [6, 6.07) is 10.1. The Hall–Kier alpha value is -2.94. The maximum Gasteiger partial charge on any atom is 0.258 e. The van der Waals surface area contributed by atoms with Crippen molar-refractivity contribution < 1.29 is 9.90 Å². The Morgan fingerprint density at radius 2 is 1.91 bits per heavy atom. The molecule has 1 aliphatic heterocycles. The smallest absolute Gasteiger partial charge is 0.258 e. The Morgan fingerprint density at radius 1 is 1.15 bits per heavy atom. The van der Waals surface area contributed by atoms with Crippen LogP contribution in [-0.4, -0.2) is 45.2 Å². The van der Waals surface area contributed by atoms with Gasteiger partial charge < -0.3 is 20.6 Å². The van der Waals surface area contributed by atoms with Gasteiger partial charge in [-0.1, -0.05) is 43.1 Å². The van der Waals surface area contributed by atoms with Crippen molar-refractivity contribution in [1.29, 1.82) is 0 Å². The van der Waals surface area contributed by atoms with Crippen LogP contribution in [0.4, 0.5) is 23.3 Å². The molecule has 0 saturated carbocycles. The van der Waals surface area contributed by atoms with Crippen LogP contribution in [0, 0.1) is 0 Å². The first-order valence-electron chi connectivity index (χ1n) is 10.6. The Labute approximate surface area is 202 Å². The Kier molecular flexibility index (Phi) is 6.97. The number of carbonyl (C=O) groups is 1. The highest BCUT2D eigenvalue weighted by Gasteiger charge is 2.23. The largest absolute Gasteiger partial charge is 0.391 e. The number of aromatic nitrogens is 3. The maximum atomic E-state index is 12.7. The Balaban J connectivity index is 1.56. The van der Waals surface area contributed by atoms with Gasteiger partial charge in [0.2, 0.25) is 5.95 Å². The van der Waals surface area contributed by atoms with Gasteiger partial charge in [0.05, 0.1) is 27.4 Å². The third-order valence-corrected chi connectivity index (χ3v) is 5.87. The minimum Gasteiger partial charge on any atom is -0.391 e. The molecule has 0 bridgehead atoms. The highest BCUT2D eigenvalue weighted by Crippen LogP contribution is 2.27. The summed E-state index contributed by atoms with van der Waals surface area (Å²) in [5, 5.41) is 16.4. The highest BCUT2D eigenvalue weighted by molar-refractivity contribution is 6.40. The minimum absolute atomic E-state index is 0.193. The molecule has 3 aromatic rings. The molecule has 3 heterocycles. The quantitative estimate of drug-likeness (QED) is 0.456. The summed E-state index contributed by atoms with van der Waals surface area (Å²) in [7, 11) is 0. The molecule has 33 heavy (non-hydrogen) atoms. The van der Waals surface area contributed by atoms with E-state index in [9.17, 15) is 9.90 Å². The van der Waals surface area contributed by atoms with E-state index < -0.39 is 5.91 Å². The fourth-order valence-electron chi connectivity index (χ4n) is 3.49. The van der Waals surface area contributed by atoms with Gasteiger partial charge in [-0.15, -0.1) is 0 Å². The van der Waals surface area contributed by atoms with Crippen LogP contribution in [0.1, 0.15) is 42.2 Å². The van der Waals surface area contributed by atoms with Gasteiger partial charge in [0.15, 0.2) is 0 Å². The van der Waals surface area contributed by atoms with Crippen LogP contribution in [0.25, 0.3) is 0 Å². The number of carbonyl (C=O) groups excluding carboxylic acids is 1. The number of β-amino-alcohol motifs (C(OH)–C–C–N with tert-alkyl or cyclic N) is 1. The molecule has 1 aliphatic rings. The molecular weight excluding hydrogens is 463 g/mol. The average molecular weight is 487 g/mol. The van der Waals surface area contributed by atoms with E-state index in [2.05, 4.69) is 39.4 Å². The summed E-state index contributed by atoms with van der Waals surface area (Å²) in [4.78, 5) is 28.3. The standard InChI is InChI=1S/C23H24Cl2N6O2/c1-13(2)18-11-20(30-23(28-18)31-9-7-15(32)12-31)29-19-10-14(6-8-26-19)27-22(33)21-16(24)4-3-5-17(21)25/h3-6,8,10-11,13,15,32H,7,9,12H2,1-2H3,(H2,26,27,28,29,30,33). The highest BCUT2D eigenvalue weighted by atomic mass is 35.5. The molecule has 1 unspecified atom stereocenters. The lowest BCUT2D eigenvalue weighted by Gasteiger charge is -2.19. The lowest BCUT2D eigenvalue weighted by Crippen LogP contribution is -2.24. The second kappa shape index (κ2) is 9.91. The molecular formula is C23H24Cl2N6O2. The summed E-state index contributed by atoms with van der Waals surface area (Å²) in [6.07, 6.45) is 1.90. The molecule has 1 aromatic carbocycles. The number of aliphatic hydroxyl groups is 1. The van der Waals surface area contributed by atoms with E-state index in [1.165, 1.54) is 0 Å². The Bertz CT molecular complexity index is 1150. The van der Waals surface area contributed by atoms with Gasteiger partial charge in [0.25, 0.3) is 5.91 Å². The first-order chi connectivity index (χ1) is 15.8. The van der Waals surface area contributed by atoms with Crippen LogP contribution < -0.4 is 15.5 Å². The van der Waals surface area contributed by atoms with E-state index in [4.69, 9.17) is 23.2 Å². The number of hydrogen-bond acceptors (Lipinski definition) is 7. The zero-order valence-electron chi connectivity index (χ0n) is 18.2. The third-order valence-electron chi connectivity index (χ3n) is 5.24. The first kappa shape index (κ1) is 23.2. The van der Waals surface area contributed by atoms with E-state index in [-0.39, 0.29) is 27.6 Å².